The van der Waals surface area contributed by atoms with Crippen LogP contribution in [-0.4, -0.2) is 40.8 Å². The minimum atomic E-state index is -0.281. The zero-order valence-electron chi connectivity index (χ0n) is 13.5. The molecule has 0 saturated carbocycles. The van der Waals surface area contributed by atoms with Crippen molar-refractivity contribution in [2.75, 3.05) is 13.1 Å². The number of benzene rings is 1. The number of aryl methyl sites for hydroxylation is 1. The quantitative estimate of drug-likeness (QED) is 0.874. The third-order valence-electron chi connectivity index (χ3n) is 4.04. The summed E-state index contributed by atoms with van der Waals surface area (Å²) in [5.74, 6) is 0.503. The van der Waals surface area contributed by atoms with Gasteiger partial charge in [-0.05, 0) is 31.6 Å². The monoisotopic (exact) mass is 325 g/mol. The van der Waals surface area contributed by atoms with Crippen LogP contribution in [0.2, 0.25) is 0 Å². The number of oxazole rings is 1. The second-order valence-electron chi connectivity index (χ2n) is 5.74. The molecule has 2 heterocycles. The molecule has 6 nitrogen and oxygen atoms in total. The Morgan fingerprint density at radius 3 is 2.83 bits per heavy atom. The van der Waals surface area contributed by atoms with Gasteiger partial charge in [-0.1, -0.05) is 24.8 Å². The number of hydrogen-bond acceptors (Lipinski definition) is 4. The van der Waals surface area contributed by atoms with E-state index in [1.807, 2.05) is 30.3 Å². The van der Waals surface area contributed by atoms with E-state index in [9.17, 15) is 9.59 Å². The van der Waals surface area contributed by atoms with Crippen LogP contribution in [0, 0.1) is 6.92 Å². The first-order chi connectivity index (χ1) is 11.6. The van der Waals surface area contributed by atoms with E-state index in [4.69, 9.17) is 4.42 Å². The van der Waals surface area contributed by atoms with Gasteiger partial charge in [0.1, 0.15) is 5.76 Å². The molecule has 1 atom stereocenters. The van der Waals surface area contributed by atoms with E-state index in [0.29, 0.717) is 31.2 Å². The summed E-state index contributed by atoms with van der Waals surface area (Å²) in [5.41, 5.74) is 1.10. The molecule has 0 radical (unpaired) electrons. The smallest absolute Gasteiger partial charge is 0.273 e. The molecule has 0 bridgehead atoms. The van der Waals surface area contributed by atoms with Crippen LogP contribution in [0.25, 0.3) is 11.5 Å². The summed E-state index contributed by atoms with van der Waals surface area (Å²) in [4.78, 5) is 30.0. The van der Waals surface area contributed by atoms with Crippen LogP contribution in [0.3, 0.4) is 0 Å². The Kier molecular flexibility index (Phi) is 4.46. The van der Waals surface area contributed by atoms with Crippen molar-refractivity contribution >= 4 is 11.8 Å². The fourth-order valence-corrected chi connectivity index (χ4v) is 2.77. The summed E-state index contributed by atoms with van der Waals surface area (Å²) in [6, 6.07) is 9.35. The summed E-state index contributed by atoms with van der Waals surface area (Å²) in [6.07, 6.45) is 2.01. The van der Waals surface area contributed by atoms with Gasteiger partial charge in [-0.15, -0.1) is 0 Å². The highest BCUT2D eigenvalue weighted by Crippen LogP contribution is 2.21. The number of amides is 2. The maximum Gasteiger partial charge on any atom is 0.273 e. The van der Waals surface area contributed by atoms with E-state index >= 15 is 0 Å². The van der Waals surface area contributed by atoms with Gasteiger partial charge in [0.25, 0.3) is 5.91 Å². The Labute approximate surface area is 140 Å². The molecular weight excluding hydrogens is 306 g/mol. The molecule has 1 aromatic heterocycles. The number of nitrogens with one attached hydrogen (secondary N) is 1. The van der Waals surface area contributed by atoms with E-state index in [0.717, 1.165) is 5.56 Å². The van der Waals surface area contributed by atoms with Gasteiger partial charge in [-0.2, -0.15) is 0 Å². The average Bonchev–Trinajstić information content (AvgIpc) is 3.21. The summed E-state index contributed by atoms with van der Waals surface area (Å²) in [7, 11) is 0. The van der Waals surface area contributed by atoms with Crippen LogP contribution in [0.5, 0.6) is 0 Å². The van der Waals surface area contributed by atoms with Crippen molar-refractivity contribution in [3.63, 3.8) is 0 Å². The summed E-state index contributed by atoms with van der Waals surface area (Å²) >= 11 is 0. The Balaban J connectivity index is 1.69. The van der Waals surface area contributed by atoms with Gasteiger partial charge in [-0.25, -0.2) is 4.98 Å². The van der Waals surface area contributed by atoms with Crippen molar-refractivity contribution in [3.8, 4) is 11.5 Å². The zero-order valence-corrected chi connectivity index (χ0v) is 13.5. The molecule has 1 aromatic carbocycles. The fourth-order valence-electron chi connectivity index (χ4n) is 2.77. The normalized spacial score (nSPS) is 16.9. The molecule has 1 aliphatic heterocycles. The van der Waals surface area contributed by atoms with Gasteiger partial charge in [-0.3, -0.25) is 9.59 Å². The maximum absolute atomic E-state index is 12.5. The third kappa shape index (κ3) is 3.22. The largest absolute Gasteiger partial charge is 0.441 e. The lowest BCUT2D eigenvalue weighted by atomic mass is 10.2. The van der Waals surface area contributed by atoms with Crippen LogP contribution in [-0.2, 0) is 4.79 Å². The van der Waals surface area contributed by atoms with Crippen LogP contribution in [0.1, 0.15) is 22.7 Å². The Hall–Kier alpha value is -2.89. The fraction of sp³-hybridized carbons (Fsp3) is 0.278. The maximum atomic E-state index is 12.5. The molecule has 6 heteroatoms. The highest BCUT2D eigenvalue weighted by Gasteiger charge is 2.28. The van der Waals surface area contributed by atoms with E-state index in [1.54, 1.807) is 11.8 Å². The Morgan fingerprint density at radius 1 is 1.38 bits per heavy atom. The molecular formula is C18H19N3O3. The van der Waals surface area contributed by atoms with Crippen LogP contribution in [0.4, 0.5) is 0 Å². The van der Waals surface area contributed by atoms with Crippen molar-refractivity contribution in [1.82, 2.24) is 15.2 Å². The van der Waals surface area contributed by atoms with Gasteiger partial charge in [0.05, 0.1) is 0 Å². The predicted octanol–water partition coefficient (Wildman–Crippen LogP) is 2.17. The van der Waals surface area contributed by atoms with E-state index in [-0.39, 0.29) is 23.6 Å². The number of carbonyl (C=O) groups is 2. The Morgan fingerprint density at radius 2 is 2.12 bits per heavy atom. The minimum absolute atomic E-state index is 0.0855. The van der Waals surface area contributed by atoms with Crippen molar-refractivity contribution in [2.45, 2.75) is 19.4 Å². The number of nitrogens with zero attached hydrogens (tertiary/aromatic N) is 2. The molecule has 1 saturated heterocycles. The summed E-state index contributed by atoms with van der Waals surface area (Å²) in [6.45, 7) is 6.30. The molecule has 1 N–H and O–H groups in total. The number of hydrogen-bond donors (Lipinski definition) is 1. The van der Waals surface area contributed by atoms with Gasteiger partial charge < -0.3 is 14.6 Å². The third-order valence-corrected chi connectivity index (χ3v) is 4.04. The topological polar surface area (TPSA) is 75.4 Å². The first kappa shape index (κ1) is 16.0. The molecule has 0 aliphatic carbocycles. The molecule has 1 fully saturated rings. The predicted molar refractivity (Wildman–Crippen MR) is 89.3 cm³/mol. The molecule has 0 unspecified atom stereocenters. The van der Waals surface area contributed by atoms with Gasteiger partial charge in [0, 0.05) is 24.7 Å². The number of carbonyl (C=O) groups excluding carboxylic acids is 2. The second kappa shape index (κ2) is 6.70. The van der Waals surface area contributed by atoms with Crippen LogP contribution >= 0.6 is 0 Å². The minimum Gasteiger partial charge on any atom is -0.441 e. The number of aromatic nitrogens is 1. The van der Waals surface area contributed by atoms with E-state index in [1.165, 1.54) is 6.08 Å². The zero-order chi connectivity index (χ0) is 17.1. The molecule has 3 rings (SSSR count). The SMILES string of the molecule is C=CC(=O)N1CC[C@@H](NC(=O)c2nc(-c3ccccc3)oc2C)C1. The average molecular weight is 325 g/mol. The van der Waals surface area contributed by atoms with Crippen molar-refractivity contribution in [1.29, 1.82) is 0 Å². The van der Waals surface area contributed by atoms with Crippen LogP contribution < -0.4 is 5.32 Å². The molecule has 1 aliphatic rings. The van der Waals surface area contributed by atoms with Crippen molar-refractivity contribution in [3.05, 3.63) is 54.4 Å². The first-order valence-electron chi connectivity index (χ1n) is 7.83. The van der Waals surface area contributed by atoms with E-state index < -0.39 is 0 Å². The molecule has 124 valence electrons. The van der Waals surface area contributed by atoms with Crippen molar-refractivity contribution < 1.29 is 14.0 Å². The molecule has 2 amide bonds. The highest BCUT2D eigenvalue weighted by molar-refractivity contribution is 5.94. The lowest BCUT2D eigenvalue weighted by Gasteiger charge is -2.14. The van der Waals surface area contributed by atoms with Crippen molar-refractivity contribution in [2.24, 2.45) is 0 Å². The van der Waals surface area contributed by atoms with Crippen LogP contribution in [0.15, 0.2) is 47.4 Å². The van der Waals surface area contributed by atoms with E-state index in [2.05, 4.69) is 16.9 Å². The first-order valence-corrected chi connectivity index (χ1v) is 7.83. The lowest BCUT2D eigenvalue weighted by molar-refractivity contribution is -0.125. The lowest BCUT2D eigenvalue weighted by Crippen LogP contribution is -2.38. The van der Waals surface area contributed by atoms with Gasteiger partial charge in [0.15, 0.2) is 5.69 Å². The molecule has 2 aromatic rings. The molecule has 0 spiro atoms. The molecule has 24 heavy (non-hydrogen) atoms. The Bertz CT molecular complexity index is 767. The second-order valence-corrected chi connectivity index (χ2v) is 5.74. The highest BCUT2D eigenvalue weighted by atomic mass is 16.4. The number of rotatable bonds is 4. The number of likely N-dealkylation sites (tertiary alicyclic amines) is 1. The van der Waals surface area contributed by atoms with Gasteiger partial charge in [0.2, 0.25) is 11.8 Å². The van der Waals surface area contributed by atoms with Gasteiger partial charge >= 0.3 is 0 Å². The standard InChI is InChI=1S/C18H19N3O3/c1-3-15(22)21-10-9-14(11-21)19-17(23)16-12(2)24-18(20-16)13-7-5-4-6-8-13/h3-8,14H,1,9-11H2,2H3,(H,19,23)/t14-/m1/s1. The summed E-state index contributed by atoms with van der Waals surface area (Å²) in [5, 5.41) is 2.92. The summed E-state index contributed by atoms with van der Waals surface area (Å²) < 4.78 is 5.61.